The summed E-state index contributed by atoms with van der Waals surface area (Å²) in [5, 5.41) is 14.0. The molecule has 0 unspecified atom stereocenters. The van der Waals surface area contributed by atoms with E-state index in [1.54, 1.807) is 24.3 Å². The van der Waals surface area contributed by atoms with E-state index in [1.807, 2.05) is 18.2 Å². The van der Waals surface area contributed by atoms with E-state index in [0.29, 0.717) is 29.7 Å². The van der Waals surface area contributed by atoms with E-state index in [-0.39, 0.29) is 28.9 Å². The predicted molar refractivity (Wildman–Crippen MR) is 157 cm³/mol. The van der Waals surface area contributed by atoms with Gasteiger partial charge in [0.2, 0.25) is 0 Å². The van der Waals surface area contributed by atoms with E-state index in [2.05, 4.69) is 37.7 Å². The molecule has 10 heteroatoms. The number of aromatic amines is 1. The van der Waals surface area contributed by atoms with E-state index >= 15 is 8.78 Å². The minimum atomic E-state index is -3.20. The number of rotatable bonds is 7. The number of halogens is 2. The van der Waals surface area contributed by atoms with E-state index in [1.165, 1.54) is 24.3 Å². The molecule has 4 aromatic rings. The maximum absolute atomic E-state index is 15.3. The van der Waals surface area contributed by atoms with Gasteiger partial charge >= 0.3 is 0 Å². The average molecular weight is 561 g/mol. The number of H-pyrrole nitrogens is 1. The molecule has 8 nitrogen and oxygen atoms in total. The zero-order valence-electron chi connectivity index (χ0n) is 23.0. The molecule has 2 aliphatic heterocycles. The maximum atomic E-state index is 15.3. The lowest BCUT2D eigenvalue weighted by Crippen LogP contribution is -2.44. The molecule has 2 saturated heterocycles. The average Bonchev–Trinajstić information content (AvgIpc) is 3.40. The molecule has 3 N–H and O–H groups in total. The summed E-state index contributed by atoms with van der Waals surface area (Å²) < 4.78 is 36.2. The Bertz CT molecular complexity index is 1510. The first kappa shape index (κ1) is 27.2. The van der Waals surface area contributed by atoms with Crippen LogP contribution >= 0.6 is 0 Å². The molecular formula is C31H34F2N6O2. The summed E-state index contributed by atoms with van der Waals surface area (Å²) in [7, 11) is 2.12. The van der Waals surface area contributed by atoms with Gasteiger partial charge in [-0.25, -0.2) is 0 Å². The lowest BCUT2D eigenvalue weighted by molar-refractivity contribution is 0.0430. The number of likely N-dealkylation sites (N-methyl/N-ethyl adjacent to an activating group) is 1. The zero-order valence-corrected chi connectivity index (χ0v) is 23.0. The highest BCUT2D eigenvalue weighted by Gasteiger charge is 2.34. The fourth-order valence-electron chi connectivity index (χ4n) is 5.47. The Kier molecular flexibility index (Phi) is 7.59. The number of alkyl halides is 2. The first-order valence-corrected chi connectivity index (χ1v) is 14.0. The second-order valence-electron chi connectivity index (χ2n) is 10.8. The normalized spacial score (nSPS) is 17.1. The number of hydrogen-bond acceptors (Lipinski definition) is 6. The highest BCUT2D eigenvalue weighted by Crippen LogP contribution is 2.38. The molecule has 3 aromatic carbocycles. The van der Waals surface area contributed by atoms with E-state index in [9.17, 15) is 4.79 Å². The Labute approximate surface area is 237 Å². The van der Waals surface area contributed by atoms with Crippen molar-refractivity contribution < 1.29 is 18.3 Å². The summed E-state index contributed by atoms with van der Waals surface area (Å²) in [6.45, 7) is 5.12. The van der Waals surface area contributed by atoms with Crippen molar-refractivity contribution in [2.45, 2.75) is 24.8 Å². The van der Waals surface area contributed by atoms with Gasteiger partial charge in [0.1, 0.15) is 0 Å². The monoisotopic (exact) mass is 560 g/mol. The van der Waals surface area contributed by atoms with Gasteiger partial charge in [0.15, 0.2) is 5.82 Å². The smallest absolute Gasteiger partial charge is 0.298 e. The highest BCUT2D eigenvalue weighted by molar-refractivity contribution is 6.11. The summed E-state index contributed by atoms with van der Waals surface area (Å²) >= 11 is 0. The number of hydrogen-bond donors (Lipinski definition) is 3. The summed E-state index contributed by atoms with van der Waals surface area (Å²) in [5.74, 6) is -3.36. The summed E-state index contributed by atoms with van der Waals surface area (Å²) in [6.07, 6.45) is 1.70. The van der Waals surface area contributed by atoms with Gasteiger partial charge in [-0.2, -0.15) is 13.9 Å². The number of piperazine rings is 1. The first-order chi connectivity index (χ1) is 19.9. The van der Waals surface area contributed by atoms with Crippen molar-refractivity contribution >= 4 is 34.0 Å². The van der Waals surface area contributed by atoms with Gasteiger partial charge < -0.3 is 25.2 Å². The third kappa shape index (κ3) is 5.75. The highest BCUT2D eigenvalue weighted by atomic mass is 19.3. The van der Waals surface area contributed by atoms with Gasteiger partial charge in [-0.3, -0.25) is 9.89 Å². The quantitative estimate of drug-likeness (QED) is 0.285. The number of fused-ring (bicyclic) bond motifs is 1. The van der Waals surface area contributed by atoms with E-state index < -0.39 is 5.92 Å². The Morgan fingerprint density at radius 1 is 0.976 bits per heavy atom. The summed E-state index contributed by atoms with van der Waals surface area (Å²) in [5.41, 5.74) is 2.54. The van der Waals surface area contributed by atoms with Crippen LogP contribution in [-0.2, 0) is 10.7 Å². The molecule has 0 saturated carbocycles. The molecule has 1 aromatic heterocycles. The predicted octanol–water partition coefficient (Wildman–Crippen LogP) is 5.30. The standard InChI is InChI=1S/C31H34F2N6O2/c1-38-13-15-39(16-14-38)24-8-9-25(28(20-24)34-23-11-17-41-18-12-23)30(40)35-29-26-19-22(7-10-27(26)36-37-29)31(32,33)21-5-3-2-4-6-21/h2-10,19-20,23,34H,11-18H2,1H3,(H2,35,36,37,40). The number of ether oxygens (including phenoxy) is 1. The molecule has 214 valence electrons. The minimum absolute atomic E-state index is 0.0994. The topological polar surface area (TPSA) is 85.5 Å². The number of carbonyl (C=O) groups excluding carboxylic acids is 1. The number of carbonyl (C=O) groups is 1. The number of anilines is 3. The second kappa shape index (κ2) is 11.5. The number of amides is 1. The Balaban J connectivity index is 1.29. The van der Waals surface area contributed by atoms with Crippen molar-refractivity contribution in [1.29, 1.82) is 0 Å². The largest absolute Gasteiger partial charge is 0.381 e. The van der Waals surface area contributed by atoms with Crippen LogP contribution in [0.3, 0.4) is 0 Å². The number of benzene rings is 3. The second-order valence-corrected chi connectivity index (χ2v) is 10.8. The molecule has 0 radical (unpaired) electrons. The number of aromatic nitrogens is 2. The minimum Gasteiger partial charge on any atom is -0.381 e. The van der Waals surface area contributed by atoms with Crippen molar-refractivity contribution in [3.8, 4) is 0 Å². The Morgan fingerprint density at radius 3 is 2.49 bits per heavy atom. The Morgan fingerprint density at radius 2 is 1.73 bits per heavy atom. The van der Waals surface area contributed by atoms with Gasteiger partial charge in [0, 0.05) is 73.3 Å². The number of nitrogens with zero attached hydrogens (tertiary/aromatic N) is 3. The van der Waals surface area contributed by atoms with Gasteiger partial charge in [0.05, 0.1) is 11.1 Å². The van der Waals surface area contributed by atoms with Crippen LogP contribution in [0.5, 0.6) is 0 Å². The lowest BCUT2D eigenvalue weighted by atomic mass is 9.99. The van der Waals surface area contributed by atoms with Crippen LogP contribution in [0.1, 0.15) is 34.3 Å². The fraction of sp³-hybridized carbons (Fsp3) is 0.355. The van der Waals surface area contributed by atoms with Gasteiger partial charge in [-0.1, -0.05) is 36.4 Å². The van der Waals surface area contributed by atoms with Crippen molar-refractivity contribution in [3.63, 3.8) is 0 Å². The molecule has 0 aliphatic carbocycles. The molecule has 1 amide bonds. The van der Waals surface area contributed by atoms with Crippen molar-refractivity contribution in [3.05, 3.63) is 83.4 Å². The summed E-state index contributed by atoms with van der Waals surface area (Å²) in [6, 6.07) is 18.0. The first-order valence-electron chi connectivity index (χ1n) is 14.0. The summed E-state index contributed by atoms with van der Waals surface area (Å²) in [4.78, 5) is 18.3. The van der Waals surface area contributed by atoms with Crippen LogP contribution in [0.15, 0.2) is 66.7 Å². The molecule has 6 rings (SSSR count). The van der Waals surface area contributed by atoms with Crippen LogP contribution in [0.4, 0.5) is 26.0 Å². The van der Waals surface area contributed by atoms with Crippen LogP contribution in [0.2, 0.25) is 0 Å². The molecule has 2 aliphatic rings. The molecule has 0 bridgehead atoms. The van der Waals surface area contributed by atoms with Crippen LogP contribution < -0.4 is 15.5 Å². The van der Waals surface area contributed by atoms with Gasteiger partial charge in [0.25, 0.3) is 11.8 Å². The molecule has 41 heavy (non-hydrogen) atoms. The maximum Gasteiger partial charge on any atom is 0.298 e. The van der Waals surface area contributed by atoms with Crippen LogP contribution in [-0.4, -0.2) is 73.5 Å². The molecule has 2 fully saturated rings. The fourth-order valence-corrected chi connectivity index (χ4v) is 5.47. The van der Waals surface area contributed by atoms with E-state index in [4.69, 9.17) is 4.74 Å². The lowest BCUT2D eigenvalue weighted by Gasteiger charge is -2.34. The molecular weight excluding hydrogens is 526 g/mol. The third-order valence-electron chi connectivity index (χ3n) is 7.99. The molecule has 0 spiro atoms. The molecule has 0 atom stereocenters. The van der Waals surface area contributed by atoms with Gasteiger partial charge in [-0.15, -0.1) is 0 Å². The van der Waals surface area contributed by atoms with E-state index in [0.717, 1.165) is 50.4 Å². The Hall–Kier alpha value is -4.02. The third-order valence-corrected chi connectivity index (χ3v) is 7.99. The number of nitrogens with one attached hydrogen (secondary N) is 3. The molecule has 3 heterocycles. The SMILES string of the molecule is CN1CCN(c2ccc(C(=O)Nc3n[nH]c4ccc(C(F)(F)c5ccccc5)cc34)c(NC3CCOCC3)c2)CC1. The van der Waals surface area contributed by atoms with Crippen molar-refractivity contribution in [2.75, 3.05) is 62.0 Å². The zero-order chi connectivity index (χ0) is 28.4. The van der Waals surface area contributed by atoms with Crippen LogP contribution in [0.25, 0.3) is 10.9 Å². The van der Waals surface area contributed by atoms with Crippen LogP contribution in [0, 0.1) is 0 Å². The van der Waals surface area contributed by atoms with Crippen molar-refractivity contribution in [1.82, 2.24) is 15.1 Å². The van der Waals surface area contributed by atoms with Gasteiger partial charge in [-0.05, 0) is 50.2 Å². The van der Waals surface area contributed by atoms with Crippen molar-refractivity contribution in [2.24, 2.45) is 0 Å².